The molecule has 1 atom stereocenters. The lowest BCUT2D eigenvalue weighted by molar-refractivity contribution is -0.132. The van der Waals surface area contributed by atoms with E-state index in [0.29, 0.717) is 23.4 Å². The minimum Gasteiger partial charge on any atom is -0.369 e. The Morgan fingerprint density at radius 1 is 1.18 bits per heavy atom. The van der Waals surface area contributed by atoms with E-state index in [0.717, 1.165) is 36.0 Å². The lowest BCUT2D eigenvalue weighted by atomic mass is 9.83. The highest BCUT2D eigenvalue weighted by molar-refractivity contribution is 6.30. The van der Waals surface area contributed by atoms with Gasteiger partial charge in [-0.05, 0) is 66.0 Å². The van der Waals surface area contributed by atoms with Crippen molar-refractivity contribution in [1.82, 2.24) is 4.90 Å². The summed E-state index contributed by atoms with van der Waals surface area (Å²) in [6, 6.07) is 15.9. The van der Waals surface area contributed by atoms with Crippen molar-refractivity contribution in [2.75, 3.05) is 6.54 Å². The normalized spacial score (nSPS) is 22.1. The predicted molar refractivity (Wildman–Crippen MR) is 114 cm³/mol. The number of halogens is 1. The fraction of sp³-hybridized carbons (Fsp3) is 0.391. The summed E-state index contributed by atoms with van der Waals surface area (Å²) in [6.45, 7) is 4.92. The second kappa shape index (κ2) is 7.25. The molecule has 2 aromatic rings. The standard InChI is InChI=1S/C23H26ClN3O/c1-15(2)11-12-27-21(28)23(18-9-10-18,26-22(27)25)19-7-3-5-16(13-19)17-6-4-8-20(24)14-17/h3-8,13-15,18H,9-12H2,1-2H3,(H2,25,26). The van der Waals surface area contributed by atoms with Gasteiger partial charge in [0.05, 0.1) is 0 Å². The molecule has 0 spiro atoms. The molecule has 1 aliphatic carbocycles. The molecular formula is C23H26ClN3O. The first kappa shape index (κ1) is 19.0. The van der Waals surface area contributed by atoms with Gasteiger partial charge < -0.3 is 5.73 Å². The van der Waals surface area contributed by atoms with Crippen LogP contribution in [0.25, 0.3) is 11.1 Å². The van der Waals surface area contributed by atoms with E-state index in [1.807, 2.05) is 42.5 Å². The number of nitrogens with two attached hydrogens (primary N) is 1. The second-order valence-corrected chi connectivity index (χ2v) is 8.68. The molecule has 0 bridgehead atoms. The first-order valence-corrected chi connectivity index (χ1v) is 10.3. The van der Waals surface area contributed by atoms with Crippen LogP contribution in [0.4, 0.5) is 0 Å². The third kappa shape index (κ3) is 3.30. The molecule has 1 aliphatic heterocycles. The van der Waals surface area contributed by atoms with Crippen LogP contribution in [0.5, 0.6) is 0 Å². The topological polar surface area (TPSA) is 58.7 Å². The summed E-state index contributed by atoms with van der Waals surface area (Å²) >= 11 is 6.17. The van der Waals surface area contributed by atoms with Gasteiger partial charge in [-0.2, -0.15) is 0 Å². The molecule has 2 N–H and O–H groups in total. The number of amides is 1. The summed E-state index contributed by atoms with van der Waals surface area (Å²) < 4.78 is 0. The molecule has 4 rings (SSSR count). The smallest absolute Gasteiger partial charge is 0.262 e. The molecule has 146 valence electrons. The molecule has 4 nitrogen and oxygen atoms in total. The van der Waals surface area contributed by atoms with Crippen molar-refractivity contribution in [3.05, 3.63) is 59.1 Å². The highest BCUT2D eigenvalue weighted by Gasteiger charge is 2.57. The highest BCUT2D eigenvalue weighted by Crippen LogP contribution is 2.52. The number of hydrogen-bond donors (Lipinski definition) is 1. The molecule has 1 fully saturated rings. The van der Waals surface area contributed by atoms with E-state index in [2.05, 4.69) is 19.9 Å². The minimum atomic E-state index is -0.879. The van der Waals surface area contributed by atoms with Gasteiger partial charge in [-0.15, -0.1) is 0 Å². The molecule has 1 amide bonds. The molecule has 0 saturated heterocycles. The van der Waals surface area contributed by atoms with Crippen LogP contribution in [0.1, 0.15) is 38.7 Å². The Kier molecular flexibility index (Phi) is 4.92. The monoisotopic (exact) mass is 395 g/mol. The summed E-state index contributed by atoms with van der Waals surface area (Å²) in [5, 5.41) is 0.693. The van der Waals surface area contributed by atoms with Crippen LogP contribution in [-0.4, -0.2) is 23.3 Å². The number of guanidine groups is 1. The zero-order valence-electron chi connectivity index (χ0n) is 16.4. The van der Waals surface area contributed by atoms with E-state index in [4.69, 9.17) is 22.3 Å². The SMILES string of the molecule is CC(C)CCN1C(=O)C(c2cccc(-c3cccc(Cl)c3)c2)(C2CC2)N=C1N. The van der Waals surface area contributed by atoms with Crippen LogP contribution in [0.3, 0.4) is 0 Å². The average molecular weight is 396 g/mol. The number of carbonyl (C=O) groups is 1. The zero-order chi connectivity index (χ0) is 19.9. The quantitative estimate of drug-likeness (QED) is 0.762. The van der Waals surface area contributed by atoms with Gasteiger partial charge in [-0.1, -0.05) is 55.8 Å². The first-order chi connectivity index (χ1) is 13.4. The van der Waals surface area contributed by atoms with Gasteiger partial charge in [0, 0.05) is 11.6 Å². The van der Waals surface area contributed by atoms with Crippen LogP contribution in [0, 0.1) is 11.8 Å². The molecule has 1 saturated carbocycles. The Hall–Kier alpha value is -2.33. The molecule has 5 heteroatoms. The van der Waals surface area contributed by atoms with E-state index in [9.17, 15) is 4.79 Å². The lowest BCUT2D eigenvalue weighted by Gasteiger charge is -2.27. The van der Waals surface area contributed by atoms with Gasteiger partial charge in [-0.3, -0.25) is 9.69 Å². The van der Waals surface area contributed by atoms with Crippen molar-refractivity contribution >= 4 is 23.5 Å². The third-order valence-corrected chi connectivity index (χ3v) is 5.93. The second-order valence-electron chi connectivity index (χ2n) is 8.24. The van der Waals surface area contributed by atoms with Gasteiger partial charge in [-0.25, -0.2) is 4.99 Å². The largest absolute Gasteiger partial charge is 0.369 e. The molecule has 0 radical (unpaired) electrons. The Bertz CT molecular complexity index is 935. The number of rotatable bonds is 6. The predicted octanol–water partition coefficient (Wildman–Crippen LogP) is 4.82. The minimum absolute atomic E-state index is 0.0244. The summed E-state index contributed by atoms with van der Waals surface area (Å²) in [5.74, 6) is 1.10. The zero-order valence-corrected chi connectivity index (χ0v) is 17.1. The van der Waals surface area contributed by atoms with Crippen molar-refractivity contribution < 1.29 is 4.79 Å². The Balaban J connectivity index is 1.74. The summed E-state index contributed by atoms with van der Waals surface area (Å²) in [5.41, 5.74) is 8.34. The lowest BCUT2D eigenvalue weighted by Crippen LogP contribution is -2.44. The van der Waals surface area contributed by atoms with Gasteiger partial charge in [0.15, 0.2) is 11.5 Å². The number of hydrogen-bond acceptors (Lipinski definition) is 3. The molecule has 28 heavy (non-hydrogen) atoms. The fourth-order valence-electron chi connectivity index (χ4n) is 4.00. The first-order valence-electron chi connectivity index (χ1n) is 9.95. The summed E-state index contributed by atoms with van der Waals surface area (Å²) in [4.78, 5) is 20.0. The van der Waals surface area contributed by atoms with Crippen molar-refractivity contribution in [3.63, 3.8) is 0 Å². The van der Waals surface area contributed by atoms with Gasteiger partial charge in [0.25, 0.3) is 5.91 Å². The Morgan fingerprint density at radius 3 is 2.50 bits per heavy atom. The number of carbonyl (C=O) groups excluding carboxylic acids is 1. The molecule has 2 aromatic carbocycles. The molecule has 1 heterocycles. The van der Waals surface area contributed by atoms with Gasteiger partial charge >= 0.3 is 0 Å². The van der Waals surface area contributed by atoms with Crippen molar-refractivity contribution in [2.24, 2.45) is 22.6 Å². The number of aliphatic imine (C=N–C) groups is 1. The Labute approximate surface area is 171 Å². The van der Waals surface area contributed by atoms with Crippen LogP contribution in [0.15, 0.2) is 53.5 Å². The maximum Gasteiger partial charge on any atom is 0.262 e. The highest BCUT2D eigenvalue weighted by atomic mass is 35.5. The van der Waals surface area contributed by atoms with E-state index >= 15 is 0 Å². The molecular weight excluding hydrogens is 370 g/mol. The Morgan fingerprint density at radius 2 is 1.86 bits per heavy atom. The van der Waals surface area contributed by atoms with E-state index in [-0.39, 0.29) is 11.8 Å². The van der Waals surface area contributed by atoms with E-state index < -0.39 is 5.54 Å². The maximum absolute atomic E-state index is 13.5. The van der Waals surface area contributed by atoms with Gasteiger partial charge in [0.2, 0.25) is 0 Å². The number of benzene rings is 2. The van der Waals surface area contributed by atoms with Crippen molar-refractivity contribution in [2.45, 2.75) is 38.6 Å². The van der Waals surface area contributed by atoms with Crippen LogP contribution < -0.4 is 5.73 Å². The van der Waals surface area contributed by atoms with Crippen molar-refractivity contribution in [3.8, 4) is 11.1 Å². The van der Waals surface area contributed by atoms with E-state index in [1.54, 1.807) is 4.90 Å². The fourth-order valence-corrected chi connectivity index (χ4v) is 4.19. The molecule has 2 aliphatic rings. The van der Waals surface area contributed by atoms with Crippen LogP contribution in [0.2, 0.25) is 5.02 Å². The molecule has 0 aromatic heterocycles. The van der Waals surface area contributed by atoms with Crippen LogP contribution in [-0.2, 0) is 10.3 Å². The summed E-state index contributed by atoms with van der Waals surface area (Å²) in [7, 11) is 0. The maximum atomic E-state index is 13.5. The third-order valence-electron chi connectivity index (χ3n) is 5.70. The summed E-state index contributed by atoms with van der Waals surface area (Å²) in [6.07, 6.45) is 2.91. The van der Waals surface area contributed by atoms with Crippen molar-refractivity contribution in [1.29, 1.82) is 0 Å². The van der Waals surface area contributed by atoms with E-state index in [1.165, 1.54) is 0 Å². The number of nitrogens with zero attached hydrogens (tertiary/aromatic N) is 2. The molecule has 1 unspecified atom stereocenters. The average Bonchev–Trinajstić information content (AvgIpc) is 3.48. The van der Waals surface area contributed by atoms with Crippen LogP contribution >= 0.6 is 11.6 Å². The van der Waals surface area contributed by atoms with Gasteiger partial charge in [0.1, 0.15) is 0 Å².